The van der Waals surface area contributed by atoms with Gasteiger partial charge < -0.3 is 38.4 Å². The molecule has 2 amide bonds. The largest absolute Gasteiger partial charge is 0.495 e. The van der Waals surface area contributed by atoms with E-state index in [1.165, 1.54) is 19.1 Å². The molecule has 0 aromatic heterocycles. The molecule has 51 heavy (non-hydrogen) atoms. The first-order valence-electron chi connectivity index (χ1n) is 17.0. The zero-order valence-corrected chi connectivity index (χ0v) is 32.6. The maximum Gasteiger partial charge on any atom is 0.409 e. The molecule has 3 fully saturated rings. The van der Waals surface area contributed by atoms with E-state index in [1.54, 1.807) is 54.6 Å². The number of esters is 1. The summed E-state index contributed by atoms with van der Waals surface area (Å²) in [6, 6.07) is 3.65. The molecule has 0 saturated carbocycles. The van der Waals surface area contributed by atoms with Gasteiger partial charge in [-0.2, -0.15) is 0 Å². The number of nitrogens with zero attached hydrogens (tertiary/aromatic N) is 1. The summed E-state index contributed by atoms with van der Waals surface area (Å²) in [5, 5.41) is 14.5. The van der Waals surface area contributed by atoms with Crippen LogP contribution in [-0.2, 0) is 39.7 Å². The number of allylic oxidation sites excluding steroid dienone is 3. The average molecular weight is 769 g/mol. The molecular formula is C36H49ClN2O10S2. The highest BCUT2D eigenvalue weighted by Crippen LogP contribution is 2.50. The molecule has 1 aromatic rings. The van der Waals surface area contributed by atoms with Gasteiger partial charge in [0.15, 0.2) is 5.72 Å². The monoisotopic (exact) mass is 768 g/mol. The Bertz CT molecular complexity index is 1530. The number of aliphatic hydroxyl groups is 1. The van der Waals surface area contributed by atoms with Crippen LogP contribution in [0.25, 0.3) is 0 Å². The van der Waals surface area contributed by atoms with Crippen LogP contribution in [0.15, 0.2) is 35.9 Å². The predicted octanol–water partition coefficient (Wildman–Crippen LogP) is 5.62. The minimum Gasteiger partial charge on any atom is -0.495 e. The Labute approximate surface area is 312 Å². The maximum atomic E-state index is 14.1. The summed E-state index contributed by atoms with van der Waals surface area (Å²) in [5.74, 6) is -0.0856. The van der Waals surface area contributed by atoms with Gasteiger partial charge in [-0.15, -0.1) is 0 Å². The highest BCUT2D eigenvalue weighted by Gasteiger charge is 2.63. The Hall–Kier alpha value is -2.46. The van der Waals surface area contributed by atoms with Crippen LogP contribution in [0.1, 0.15) is 58.4 Å². The summed E-state index contributed by atoms with van der Waals surface area (Å²) in [4.78, 5) is 42.1. The van der Waals surface area contributed by atoms with Gasteiger partial charge in [0.25, 0.3) is 0 Å². The first-order valence-corrected chi connectivity index (χ1v) is 20.1. The number of anilines is 1. The number of benzene rings is 1. The number of hydrogen-bond acceptors (Lipinski definition) is 12. The Balaban J connectivity index is 1.49. The highest BCUT2D eigenvalue weighted by molar-refractivity contribution is 8.76. The summed E-state index contributed by atoms with van der Waals surface area (Å²) in [7, 11) is 7.97. The molecule has 1 aromatic carbocycles. The summed E-state index contributed by atoms with van der Waals surface area (Å²) in [6.07, 6.45) is 5.52. The Morgan fingerprint density at radius 1 is 1.20 bits per heavy atom. The second-order valence-corrected chi connectivity index (χ2v) is 17.2. The molecule has 15 heteroatoms. The molecule has 0 spiro atoms. The minimum absolute atomic E-state index is 0.0531. The van der Waals surface area contributed by atoms with Crippen LogP contribution in [0.4, 0.5) is 10.5 Å². The molecule has 12 nitrogen and oxygen atoms in total. The van der Waals surface area contributed by atoms with Crippen molar-refractivity contribution in [3.63, 3.8) is 0 Å². The number of halogens is 1. The summed E-state index contributed by atoms with van der Waals surface area (Å²) < 4.78 is 35.7. The SMILES string of the molecule is COc1cc2cc(c1Cl)N(C)C(=O)C[C@H](OC(=O)C1CCC(CSSC)OC1)[C@@]1(C)CC(C)(O1)C1C[C@@](O)(NC(=O)O1)[C@H](OC)/C=C/C=C(\C)C2. The normalized spacial score (nSPS) is 36.1. The van der Waals surface area contributed by atoms with Crippen molar-refractivity contribution in [3.8, 4) is 5.75 Å². The molecule has 0 aliphatic carbocycles. The second kappa shape index (κ2) is 16.3. The van der Waals surface area contributed by atoms with Crippen molar-refractivity contribution in [2.24, 2.45) is 5.92 Å². The third-order valence-electron chi connectivity index (χ3n) is 10.2. The number of methoxy groups -OCH3 is 2. The molecule has 6 rings (SSSR count). The Morgan fingerprint density at radius 3 is 2.59 bits per heavy atom. The summed E-state index contributed by atoms with van der Waals surface area (Å²) >= 11 is 6.77. The van der Waals surface area contributed by atoms with Gasteiger partial charge in [-0.25, -0.2) is 4.79 Å². The van der Waals surface area contributed by atoms with E-state index in [9.17, 15) is 19.5 Å². The van der Waals surface area contributed by atoms with Gasteiger partial charge in [0.2, 0.25) is 5.91 Å². The molecule has 0 radical (unpaired) electrons. The van der Waals surface area contributed by atoms with E-state index in [1.807, 2.05) is 31.4 Å². The van der Waals surface area contributed by atoms with Crippen molar-refractivity contribution in [1.82, 2.24) is 5.32 Å². The fraction of sp³-hybridized carbons (Fsp3) is 0.639. The van der Waals surface area contributed by atoms with Crippen molar-refractivity contribution < 1.29 is 47.9 Å². The van der Waals surface area contributed by atoms with Crippen LogP contribution >= 0.6 is 33.2 Å². The topological polar surface area (TPSA) is 142 Å². The van der Waals surface area contributed by atoms with Gasteiger partial charge in [-0.3, -0.25) is 14.9 Å². The lowest BCUT2D eigenvalue weighted by atomic mass is 9.72. The number of nitrogens with one attached hydrogen (secondary N) is 1. The maximum absolute atomic E-state index is 14.1. The van der Waals surface area contributed by atoms with Gasteiger partial charge >= 0.3 is 12.1 Å². The molecule has 8 atom stereocenters. The van der Waals surface area contributed by atoms with E-state index in [0.29, 0.717) is 24.3 Å². The van der Waals surface area contributed by atoms with Gasteiger partial charge in [-0.1, -0.05) is 57.0 Å². The lowest BCUT2D eigenvalue weighted by Gasteiger charge is -2.59. The predicted molar refractivity (Wildman–Crippen MR) is 197 cm³/mol. The van der Waals surface area contributed by atoms with Gasteiger partial charge in [0.05, 0.1) is 37.8 Å². The van der Waals surface area contributed by atoms with Crippen LogP contribution in [-0.4, -0.2) is 104 Å². The van der Waals surface area contributed by atoms with Crippen LogP contribution in [0.3, 0.4) is 0 Å². The third-order valence-corrected chi connectivity index (χ3v) is 12.4. The minimum atomic E-state index is -1.82. The zero-order valence-electron chi connectivity index (χ0n) is 30.2. The van der Waals surface area contributed by atoms with Crippen LogP contribution in [0, 0.1) is 5.92 Å². The second-order valence-electron chi connectivity index (χ2n) is 14.2. The van der Waals surface area contributed by atoms with E-state index < -0.39 is 53.2 Å². The van der Waals surface area contributed by atoms with E-state index in [0.717, 1.165) is 23.3 Å². The van der Waals surface area contributed by atoms with Crippen LogP contribution in [0.5, 0.6) is 5.75 Å². The number of rotatable bonds is 7. The first kappa shape index (κ1) is 39.7. The highest BCUT2D eigenvalue weighted by atomic mass is 35.5. The number of alkyl carbamates (subject to hydrolysis) is 1. The van der Waals surface area contributed by atoms with E-state index in [4.69, 9.17) is 40.0 Å². The summed E-state index contributed by atoms with van der Waals surface area (Å²) in [5.41, 5.74) is -1.81. The van der Waals surface area contributed by atoms with Gasteiger partial charge in [0.1, 0.15) is 40.3 Å². The molecule has 3 saturated heterocycles. The van der Waals surface area contributed by atoms with Gasteiger partial charge in [0, 0.05) is 32.8 Å². The standard InChI is InChI=1S/C36H49ClN2O10S2/c1-21-9-8-10-27(45-6)36(43)17-29(48-33(42)38-36)35(3)20-34(2,49-35)28(47-32(41)23-11-12-24(46-18-23)19-51-50-7)16-30(40)39(4)25-14-22(13-21)15-26(44-5)31(25)37/h8-10,14-15,23-24,27-29,43H,11-13,16-20H2,1-7H3,(H,38,42)/b10-8+,21-9+/t23?,24?,27-,28+,29?,34-,35?,36+/m1/s1. The fourth-order valence-corrected chi connectivity index (χ4v) is 9.13. The Morgan fingerprint density at radius 2 is 1.94 bits per heavy atom. The molecule has 5 aliphatic heterocycles. The number of hydrogen-bond donors (Lipinski definition) is 2. The number of carbonyl (C=O) groups is 3. The van der Waals surface area contributed by atoms with Gasteiger partial charge in [-0.05, 0) is 64.0 Å². The first-order chi connectivity index (χ1) is 24.1. The average Bonchev–Trinajstić information content (AvgIpc) is 3.07. The number of ether oxygens (including phenoxy) is 6. The molecule has 5 heterocycles. The van der Waals surface area contributed by atoms with Crippen molar-refractivity contribution in [3.05, 3.63) is 46.5 Å². The van der Waals surface area contributed by atoms with E-state index >= 15 is 0 Å². The quantitative estimate of drug-likeness (QED) is 0.263. The number of amides is 2. The molecule has 5 aliphatic rings. The zero-order chi connectivity index (χ0) is 37.1. The molecule has 6 bridgehead atoms. The van der Waals surface area contributed by atoms with Crippen LogP contribution < -0.4 is 15.0 Å². The smallest absolute Gasteiger partial charge is 0.409 e. The summed E-state index contributed by atoms with van der Waals surface area (Å²) in [6.45, 7) is 5.72. The van der Waals surface area contributed by atoms with E-state index in [2.05, 4.69) is 5.32 Å². The van der Waals surface area contributed by atoms with Crippen molar-refractivity contribution in [2.45, 2.75) is 101 Å². The van der Waals surface area contributed by atoms with Crippen molar-refractivity contribution >= 4 is 56.8 Å². The molecule has 2 N–H and O–H groups in total. The number of fused-ring (bicyclic) bond motifs is 6. The molecule has 282 valence electrons. The lowest BCUT2D eigenvalue weighted by Crippen LogP contribution is -2.72. The molecular weight excluding hydrogens is 720 g/mol. The number of carbonyl (C=O) groups excluding carboxylic acids is 3. The fourth-order valence-electron chi connectivity index (χ4n) is 7.40. The lowest BCUT2D eigenvalue weighted by molar-refractivity contribution is -0.328. The third kappa shape index (κ3) is 8.85. The van der Waals surface area contributed by atoms with Crippen molar-refractivity contribution in [2.75, 3.05) is 44.8 Å². The van der Waals surface area contributed by atoms with Crippen molar-refractivity contribution in [1.29, 1.82) is 0 Å². The molecule has 4 unspecified atom stereocenters. The van der Waals surface area contributed by atoms with E-state index in [-0.39, 0.29) is 42.9 Å². The van der Waals surface area contributed by atoms with Crippen LogP contribution in [0.2, 0.25) is 5.02 Å². The Kier molecular flexibility index (Phi) is 12.7.